The molecule has 0 amide bonds. The van der Waals surface area contributed by atoms with Crippen molar-refractivity contribution in [3.8, 4) is 0 Å². The Morgan fingerprint density at radius 3 is 3.00 bits per heavy atom. The summed E-state index contributed by atoms with van der Waals surface area (Å²) in [7, 11) is 1.65. The van der Waals surface area contributed by atoms with Crippen LogP contribution in [0.1, 0.15) is 11.3 Å². The van der Waals surface area contributed by atoms with Crippen molar-refractivity contribution in [2.75, 3.05) is 12.4 Å². The Morgan fingerprint density at radius 2 is 2.19 bits per heavy atom. The second-order valence-electron chi connectivity index (χ2n) is 4.65. The molecule has 21 heavy (non-hydrogen) atoms. The molecule has 3 rings (SSSR count). The van der Waals surface area contributed by atoms with E-state index in [4.69, 9.17) is 16.3 Å². The fourth-order valence-electron chi connectivity index (χ4n) is 2.15. The number of nitrogens with one attached hydrogen (secondary N) is 1. The van der Waals surface area contributed by atoms with Crippen LogP contribution in [0, 0.1) is 0 Å². The molecule has 108 valence electrons. The van der Waals surface area contributed by atoms with Crippen LogP contribution in [0.2, 0.25) is 5.02 Å². The third-order valence-corrected chi connectivity index (χ3v) is 3.30. The minimum absolute atomic E-state index is 0.466. The van der Waals surface area contributed by atoms with Crippen molar-refractivity contribution < 1.29 is 4.74 Å². The van der Waals surface area contributed by atoms with Gasteiger partial charge in [-0.25, -0.2) is 4.98 Å². The first-order valence-electron chi connectivity index (χ1n) is 6.57. The fourth-order valence-corrected chi connectivity index (χ4v) is 2.37. The van der Waals surface area contributed by atoms with Gasteiger partial charge in [-0.2, -0.15) is 9.61 Å². The molecular weight excluding hydrogens is 288 g/mol. The normalized spacial score (nSPS) is 11.0. The average Bonchev–Trinajstić information content (AvgIpc) is 2.93. The lowest BCUT2D eigenvalue weighted by Crippen LogP contribution is -2.07. The van der Waals surface area contributed by atoms with Crippen molar-refractivity contribution in [2.45, 2.75) is 13.2 Å². The molecule has 0 spiro atoms. The predicted molar refractivity (Wildman–Crippen MR) is 82.5 cm³/mol. The number of ether oxygens (including phenoxy) is 1. The van der Waals surface area contributed by atoms with Gasteiger partial charge in [0, 0.05) is 30.8 Å². The molecule has 0 unspecified atom stereocenters. The summed E-state index contributed by atoms with van der Waals surface area (Å²) in [6.45, 7) is 1.12. The van der Waals surface area contributed by atoms with Crippen LogP contribution < -0.4 is 5.32 Å². The van der Waals surface area contributed by atoms with Gasteiger partial charge < -0.3 is 10.1 Å². The summed E-state index contributed by atoms with van der Waals surface area (Å²) in [5.74, 6) is 0.872. The zero-order valence-electron chi connectivity index (χ0n) is 11.6. The molecule has 0 atom stereocenters. The highest BCUT2D eigenvalue weighted by Gasteiger charge is 2.06. The number of benzene rings is 1. The topological polar surface area (TPSA) is 51.5 Å². The molecule has 0 saturated heterocycles. The van der Waals surface area contributed by atoms with E-state index >= 15 is 0 Å². The van der Waals surface area contributed by atoms with E-state index in [-0.39, 0.29) is 0 Å². The largest absolute Gasteiger partial charge is 0.378 e. The number of hydrogen-bond acceptors (Lipinski definition) is 4. The molecule has 0 aliphatic rings. The summed E-state index contributed by atoms with van der Waals surface area (Å²) in [5.41, 5.74) is 2.75. The maximum Gasteiger partial charge on any atom is 0.157 e. The Bertz CT molecular complexity index is 756. The number of halogens is 1. The molecule has 0 bridgehead atoms. The van der Waals surface area contributed by atoms with Gasteiger partial charge in [-0.3, -0.25) is 0 Å². The minimum atomic E-state index is 0.466. The summed E-state index contributed by atoms with van der Waals surface area (Å²) >= 11 is 6.00. The summed E-state index contributed by atoms with van der Waals surface area (Å²) in [4.78, 5) is 4.47. The van der Waals surface area contributed by atoms with Gasteiger partial charge in [0.05, 0.1) is 18.5 Å². The van der Waals surface area contributed by atoms with Gasteiger partial charge in [0.1, 0.15) is 5.82 Å². The molecule has 1 N–H and O–H groups in total. The summed E-state index contributed by atoms with van der Waals surface area (Å²) in [6, 6.07) is 11.6. The second-order valence-corrected chi connectivity index (χ2v) is 5.09. The molecular formula is C15H15ClN4O. The quantitative estimate of drug-likeness (QED) is 0.786. The minimum Gasteiger partial charge on any atom is -0.378 e. The lowest BCUT2D eigenvalue weighted by molar-refractivity contribution is 0.181. The molecule has 3 aromatic rings. The molecule has 1 aromatic carbocycles. The second kappa shape index (κ2) is 6.11. The van der Waals surface area contributed by atoms with Gasteiger partial charge in [-0.05, 0) is 17.7 Å². The zero-order chi connectivity index (χ0) is 14.7. The monoisotopic (exact) mass is 302 g/mol. The van der Waals surface area contributed by atoms with Crippen molar-refractivity contribution in [3.05, 3.63) is 58.9 Å². The third-order valence-electron chi connectivity index (χ3n) is 3.07. The first-order chi connectivity index (χ1) is 10.3. The van der Waals surface area contributed by atoms with Crippen LogP contribution in [0.5, 0.6) is 0 Å². The lowest BCUT2D eigenvalue weighted by atomic mass is 10.2. The number of methoxy groups -OCH3 is 1. The number of hydrogen-bond donors (Lipinski definition) is 1. The maximum absolute atomic E-state index is 6.00. The highest BCUT2D eigenvalue weighted by Crippen LogP contribution is 2.16. The lowest BCUT2D eigenvalue weighted by Gasteiger charge is -2.10. The summed E-state index contributed by atoms with van der Waals surface area (Å²) in [5, 5.41) is 8.37. The number of nitrogens with zero attached hydrogens (tertiary/aromatic N) is 3. The van der Waals surface area contributed by atoms with Gasteiger partial charge >= 0.3 is 0 Å². The van der Waals surface area contributed by atoms with Crippen LogP contribution in [0.4, 0.5) is 5.82 Å². The first kappa shape index (κ1) is 13.9. The molecule has 6 heteroatoms. The van der Waals surface area contributed by atoms with E-state index in [1.54, 1.807) is 17.8 Å². The van der Waals surface area contributed by atoms with E-state index in [1.807, 2.05) is 36.4 Å². The van der Waals surface area contributed by atoms with Crippen molar-refractivity contribution >= 4 is 23.1 Å². The van der Waals surface area contributed by atoms with E-state index in [0.29, 0.717) is 13.2 Å². The smallest absolute Gasteiger partial charge is 0.157 e. The highest BCUT2D eigenvalue weighted by atomic mass is 35.5. The zero-order valence-corrected chi connectivity index (χ0v) is 12.3. The van der Waals surface area contributed by atoms with Crippen LogP contribution in [0.15, 0.2) is 42.6 Å². The van der Waals surface area contributed by atoms with Crippen LogP contribution in [-0.4, -0.2) is 21.7 Å². The van der Waals surface area contributed by atoms with E-state index < -0.39 is 0 Å². The predicted octanol–water partition coefficient (Wildman–Crippen LogP) is 3.14. The number of anilines is 1. The first-order valence-corrected chi connectivity index (χ1v) is 6.95. The molecule has 2 aromatic heterocycles. The standard InChI is InChI=1S/C15H15ClN4O/c1-21-10-13-8-15(20-14(19-13)5-6-18-20)17-9-11-3-2-4-12(16)7-11/h2-8,17H,9-10H2,1H3. The molecule has 0 saturated carbocycles. The fraction of sp³-hybridized carbons (Fsp3) is 0.200. The van der Waals surface area contributed by atoms with Crippen molar-refractivity contribution in [1.82, 2.24) is 14.6 Å². The van der Waals surface area contributed by atoms with Crippen molar-refractivity contribution in [2.24, 2.45) is 0 Å². The molecule has 0 aliphatic carbocycles. The van der Waals surface area contributed by atoms with E-state index in [2.05, 4.69) is 15.4 Å². The van der Waals surface area contributed by atoms with Crippen LogP contribution >= 0.6 is 11.6 Å². The number of fused-ring (bicyclic) bond motifs is 1. The van der Waals surface area contributed by atoms with Crippen LogP contribution in [0.3, 0.4) is 0 Å². The number of aromatic nitrogens is 3. The molecule has 0 radical (unpaired) electrons. The molecule has 2 heterocycles. The van der Waals surface area contributed by atoms with Gasteiger partial charge in [0.2, 0.25) is 0 Å². The van der Waals surface area contributed by atoms with Gasteiger partial charge in [-0.15, -0.1) is 0 Å². The van der Waals surface area contributed by atoms with Crippen LogP contribution in [0.25, 0.3) is 5.65 Å². The maximum atomic E-state index is 6.00. The van der Waals surface area contributed by atoms with Gasteiger partial charge in [-0.1, -0.05) is 23.7 Å². The van der Waals surface area contributed by atoms with Crippen LogP contribution in [-0.2, 0) is 17.9 Å². The molecule has 0 fully saturated rings. The Balaban J connectivity index is 1.86. The Morgan fingerprint density at radius 1 is 1.29 bits per heavy atom. The number of rotatable bonds is 5. The molecule has 5 nitrogen and oxygen atoms in total. The van der Waals surface area contributed by atoms with E-state index in [9.17, 15) is 0 Å². The molecule has 0 aliphatic heterocycles. The average molecular weight is 303 g/mol. The van der Waals surface area contributed by atoms with E-state index in [1.165, 1.54) is 0 Å². The van der Waals surface area contributed by atoms with Gasteiger partial charge in [0.25, 0.3) is 0 Å². The summed E-state index contributed by atoms with van der Waals surface area (Å²) < 4.78 is 6.92. The SMILES string of the molecule is COCc1cc(NCc2cccc(Cl)c2)n2nccc2n1. The highest BCUT2D eigenvalue weighted by molar-refractivity contribution is 6.30. The van der Waals surface area contributed by atoms with Gasteiger partial charge in [0.15, 0.2) is 5.65 Å². The van der Waals surface area contributed by atoms with E-state index in [0.717, 1.165) is 27.7 Å². The Kier molecular flexibility index (Phi) is 4.03. The summed E-state index contributed by atoms with van der Waals surface area (Å²) in [6.07, 6.45) is 1.73. The Hall–Kier alpha value is -2.11. The Labute approximate surface area is 127 Å². The van der Waals surface area contributed by atoms with Crippen molar-refractivity contribution in [3.63, 3.8) is 0 Å². The third kappa shape index (κ3) is 3.15. The van der Waals surface area contributed by atoms with Crippen molar-refractivity contribution in [1.29, 1.82) is 0 Å².